The maximum absolute atomic E-state index is 12.0. The van der Waals surface area contributed by atoms with Gasteiger partial charge in [0.05, 0.1) is 12.8 Å². The maximum atomic E-state index is 12.0. The van der Waals surface area contributed by atoms with Crippen LogP contribution in [0.15, 0.2) is 16.3 Å². The van der Waals surface area contributed by atoms with Crippen LogP contribution < -0.4 is 5.73 Å². The van der Waals surface area contributed by atoms with Gasteiger partial charge in [-0.05, 0) is 0 Å². The molecule has 0 unspecified atom stereocenters. The van der Waals surface area contributed by atoms with Crippen molar-refractivity contribution in [3.05, 3.63) is 11.3 Å². The Balaban J connectivity index is 4.99. The Kier molecular flexibility index (Phi) is 4.64. The smallest absolute Gasteiger partial charge is 0.341 e. The molecule has 0 aromatic carbocycles. The fraction of sp³-hybridized carbons (Fsp3) is 0.429. The lowest BCUT2D eigenvalue weighted by atomic mass is 10.2. The highest BCUT2D eigenvalue weighted by atomic mass is 19.3. The van der Waals surface area contributed by atoms with Gasteiger partial charge in [0.1, 0.15) is 5.57 Å². The summed E-state index contributed by atoms with van der Waals surface area (Å²) < 4.78 is 28.3. The summed E-state index contributed by atoms with van der Waals surface area (Å²) in [6, 6.07) is 0. The molecule has 0 aromatic rings. The average molecular weight is 192 g/mol. The Bertz CT molecular complexity index is 249. The van der Waals surface area contributed by atoms with Crippen LogP contribution in [0.25, 0.3) is 0 Å². The molecule has 13 heavy (non-hydrogen) atoms. The number of carbonyl (C=O) groups excluding carboxylic acids is 1. The molecule has 74 valence electrons. The summed E-state index contributed by atoms with van der Waals surface area (Å²) in [4.78, 5) is 14.3. The molecule has 4 nitrogen and oxygen atoms in total. The van der Waals surface area contributed by atoms with Gasteiger partial charge in [0.25, 0.3) is 6.43 Å². The van der Waals surface area contributed by atoms with Gasteiger partial charge in [0, 0.05) is 13.3 Å². The summed E-state index contributed by atoms with van der Waals surface area (Å²) in [5.41, 5.74) is 3.71. The van der Waals surface area contributed by atoms with Gasteiger partial charge in [-0.1, -0.05) is 0 Å². The van der Waals surface area contributed by atoms with E-state index in [9.17, 15) is 13.6 Å². The molecule has 0 rings (SSSR count). The summed E-state index contributed by atoms with van der Waals surface area (Å²) in [5.74, 6) is -0.927. The third-order valence-corrected chi connectivity index (χ3v) is 1.21. The number of allylic oxidation sites excluding steroid dienone is 1. The molecule has 0 fully saturated rings. The standard InChI is InChI=1S/C7H10F2N2O2/c1-11-3-4(7(12)13-2)5(10)6(8)9/h3,6H,10H2,1-2H3. The van der Waals surface area contributed by atoms with E-state index in [0.717, 1.165) is 13.3 Å². The highest BCUT2D eigenvalue weighted by molar-refractivity contribution is 6.10. The zero-order valence-electron chi connectivity index (χ0n) is 7.25. The molecule has 0 aliphatic rings. The van der Waals surface area contributed by atoms with Crippen molar-refractivity contribution in [2.45, 2.75) is 6.43 Å². The van der Waals surface area contributed by atoms with E-state index in [2.05, 4.69) is 9.73 Å². The SMILES string of the molecule is CN=CC(C(=O)OC)=C(N)C(F)F. The maximum Gasteiger partial charge on any atom is 0.341 e. The van der Waals surface area contributed by atoms with E-state index < -0.39 is 23.7 Å². The third kappa shape index (κ3) is 3.18. The van der Waals surface area contributed by atoms with Gasteiger partial charge in [0.2, 0.25) is 0 Å². The second kappa shape index (κ2) is 5.23. The molecule has 0 aliphatic heterocycles. The van der Waals surface area contributed by atoms with Gasteiger partial charge in [-0.25, -0.2) is 13.6 Å². The van der Waals surface area contributed by atoms with Crippen molar-refractivity contribution in [1.29, 1.82) is 0 Å². The normalized spacial score (nSPS) is 13.3. The predicted octanol–water partition coefficient (Wildman–Crippen LogP) is 0.338. The molecule has 0 saturated carbocycles. The zero-order valence-corrected chi connectivity index (χ0v) is 7.25. The molecule has 0 aromatic heterocycles. The molecular weight excluding hydrogens is 182 g/mol. The van der Waals surface area contributed by atoms with Gasteiger partial charge >= 0.3 is 5.97 Å². The highest BCUT2D eigenvalue weighted by Crippen LogP contribution is 2.08. The molecule has 0 aliphatic carbocycles. The second-order valence-corrected chi connectivity index (χ2v) is 2.05. The van der Waals surface area contributed by atoms with Crippen molar-refractivity contribution >= 4 is 12.2 Å². The molecule has 0 atom stereocenters. The number of aliphatic imine (C=N–C) groups is 1. The Morgan fingerprint density at radius 1 is 1.62 bits per heavy atom. The minimum Gasteiger partial charge on any atom is -0.465 e. The summed E-state index contributed by atoms with van der Waals surface area (Å²) in [7, 11) is 2.41. The molecular formula is C7H10F2N2O2. The number of esters is 1. The molecule has 0 heterocycles. The first-order valence-electron chi connectivity index (χ1n) is 3.32. The number of ether oxygens (including phenoxy) is 1. The molecule has 6 heteroatoms. The first-order chi connectivity index (χ1) is 6.04. The van der Waals surface area contributed by atoms with E-state index in [1.807, 2.05) is 0 Å². The van der Waals surface area contributed by atoms with Crippen molar-refractivity contribution in [2.75, 3.05) is 14.2 Å². The van der Waals surface area contributed by atoms with Crippen LogP contribution in [0.2, 0.25) is 0 Å². The number of nitrogens with zero attached hydrogens (tertiary/aromatic N) is 1. The van der Waals surface area contributed by atoms with Crippen molar-refractivity contribution in [3.8, 4) is 0 Å². The molecule has 0 bridgehead atoms. The lowest BCUT2D eigenvalue weighted by Crippen LogP contribution is -2.18. The Labute approximate surface area is 74.1 Å². The van der Waals surface area contributed by atoms with Crippen LogP contribution in [0.5, 0.6) is 0 Å². The van der Waals surface area contributed by atoms with Crippen LogP contribution in [0, 0.1) is 0 Å². The molecule has 0 amide bonds. The molecule has 0 radical (unpaired) electrons. The zero-order chi connectivity index (χ0) is 10.4. The van der Waals surface area contributed by atoms with E-state index >= 15 is 0 Å². The quantitative estimate of drug-likeness (QED) is 0.398. The minimum absolute atomic E-state index is 0.417. The second-order valence-electron chi connectivity index (χ2n) is 2.05. The van der Waals surface area contributed by atoms with Crippen LogP contribution in [0.1, 0.15) is 0 Å². The Morgan fingerprint density at radius 2 is 2.15 bits per heavy atom. The number of hydrogen-bond acceptors (Lipinski definition) is 4. The van der Waals surface area contributed by atoms with Gasteiger partial charge in [-0.15, -0.1) is 0 Å². The number of carbonyl (C=O) groups is 1. The number of rotatable bonds is 3. The van der Waals surface area contributed by atoms with Crippen LogP contribution in [0.4, 0.5) is 8.78 Å². The van der Waals surface area contributed by atoms with Gasteiger partial charge in [-0.3, -0.25) is 4.99 Å². The summed E-state index contributed by atoms with van der Waals surface area (Å²) in [5, 5.41) is 0. The van der Waals surface area contributed by atoms with E-state index in [4.69, 9.17) is 5.73 Å². The molecule has 0 spiro atoms. The third-order valence-electron chi connectivity index (χ3n) is 1.21. The fourth-order valence-corrected chi connectivity index (χ4v) is 0.602. The topological polar surface area (TPSA) is 64.7 Å². The molecule has 2 N–H and O–H groups in total. The van der Waals surface area contributed by atoms with Crippen LogP contribution in [-0.4, -0.2) is 32.8 Å². The Morgan fingerprint density at radius 3 is 2.46 bits per heavy atom. The van der Waals surface area contributed by atoms with Crippen molar-refractivity contribution in [3.63, 3.8) is 0 Å². The van der Waals surface area contributed by atoms with E-state index in [1.165, 1.54) is 7.05 Å². The van der Waals surface area contributed by atoms with Crippen LogP contribution in [0.3, 0.4) is 0 Å². The predicted molar refractivity (Wildman–Crippen MR) is 43.6 cm³/mol. The number of alkyl halides is 2. The summed E-state index contributed by atoms with van der Waals surface area (Å²) in [6.45, 7) is 0. The monoisotopic (exact) mass is 192 g/mol. The fourth-order valence-electron chi connectivity index (χ4n) is 0.602. The first kappa shape index (κ1) is 11.5. The van der Waals surface area contributed by atoms with Crippen molar-refractivity contribution in [1.82, 2.24) is 0 Å². The number of hydrogen-bond donors (Lipinski definition) is 1. The lowest BCUT2D eigenvalue weighted by molar-refractivity contribution is -0.135. The van der Waals surface area contributed by atoms with E-state index in [0.29, 0.717) is 0 Å². The van der Waals surface area contributed by atoms with E-state index in [-0.39, 0.29) is 0 Å². The number of halogens is 2. The Hall–Kier alpha value is -1.46. The van der Waals surface area contributed by atoms with Crippen LogP contribution in [-0.2, 0) is 9.53 Å². The van der Waals surface area contributed by atoms with E-state index in [1.54, 1.807) is 0 Å². The average Bonchev–Trinajstić information content (AvgIpc) is 2.11. The number of methoxy groups -OCH3 is 1. The van der Waals surface area contributed by atoms with Crippen molar-refractivity contribution in [2.24, 2.45) is 10.7 Å². The number of nitrogens with two attached hydrogens (primary N) is 1. The largest absolute Gasteiger partial charge is 0.465 e. The first-order valence-corrected chi connectivity index (χ1v) is 3.32. The lowest BCUT2D eigenvalue weighted by Gasteiger charge is -2.04. The molecule has 0 saturated heterocycles. The van der Waals surface area contributed by atoms with Gasteiger partial charge < -0.3 is 10.5 Å². The summed E-state index contributed by atoms with van der Waals surface area (Å²) >= 11 is 0. The van der Waals surface area contributed by atoms with Crippen molar-refractivity contribution < 1.29 is 18.3 Å². The van der Waals surface area contributed by atoms with Crippen LogP contribution >= 0.6 is 0 Å². The van der Waals surface area contributed by atoms with Gasteiger partial charge in [-0.2, -0.15) is 0 Å². The highest BCUT2D eigenvalue weighted by Gasteiger charge is 2.18. The minimum atomic E-state index is -2.90. The summed E-state index contributed by atoms with van der Waals surface area (Å²) in [6.07, 6.45) is -1.96. The van der Waals surface area contributed by atoms with Gasteiger partial charge in [0.15, 0.2) is 0 Å².